The van der Waals surface area contributed by atoms with Gasteiger partial charge in [0.25, 0.3) is 0 Å². The highest BCUT2D eigenvalue weighted by molar-refractivity contribution is 5.65. The molecule has 0 saturated carbocycles. The number of aromatic nitrogens is 2. The molecular weight excluding hydrogens is 234 g/mol. The lowest BCUT2D eigenvalue weighted by molar-refractivity contribution is 0.720. The van der Waals surface area contributed by atoms with E-state index in [4.69, 9.17) is 0 Å². The smallest absolute Gasteiger partial charge is 0.110 e. The molecule has 19 heavy (non-hydrogen) atoms. The molecule has 0 aliphatic carbocycles. The van der Waals surface area contributed by atoms with E-state index in [1.807, 2.05) is 13.2 Å². The summed E-state index contributed by atoms with van der Waals surface area (Å²) in [6, 6.07) is 4.52. The van der Waals surface area contributed by atoms with Crippen molar-refractivity contribution in [3.63, 3.8) is 0 Å². The number of imidazole rings is 1. The Hall–Kier alpha value is -1.61. The van der Waals surface area contributed by atoms with E-state index in [0.29, 0.717) is 0 Å². The lowest BCUT2D eigenvalue weighted by Gasteiger charge is -2.11. The standard InChI is InChI=1S/C16H23N3/c1-11-8-13(3)14(9-12(11)2)15-10-18-16(19(15)5)6-7-17-4/h8-10,17H,6-7H2,1-5H3. The Kier molecular flexibility index (Phi) is 4.05. The first-order valence-corrected chi connectivity index (χ1v) is 6.78. The molecule has 3 heteroatoms. The van der Waals surface area contributed by atoms with Crippen molar-refractivity contribution < 1.29 is 0 Å². The quantitative estimate of drug-likeness (QED) is 0.912. The highest BCUT2D eigenvalue weighted by atomic mass is 15.1. The van der Waals surface area contributed by atoms with Crippen LogP contribution in [0.3, 0.4) is 0 Å². The molecule has 0 saturated heterocycles. The fourth-order valence-corrected chi connectivity index (χ4v) is 2.40. The average molecular weight is 257 g/mol. The summed E-state index contributed by atoms with van der Waals surface area (Å²) >= 11 is 0. The Morgan fingerprint density at radius 1 is 1.11 bits per heavy atom. The van der Waals surface area contributed by atoms with Gasteiger partial charge in [-0.15, -0.1) is 0 Å². The monoisotopic (exact) mass is 257 g/mol. The third kappa shape index (κ3) is 2.71. The van der Waals surface area contributed by atoms with Crippen molar-refractivity contribution in [1.82, 2.24) is 14.9 Å². The molecule has 0 amide bonds. The first-order valence-electron chi connectivity index (χ1n) is 6.78. The SMILES string of the molecule is CNCCc1ncc(-c2cc(C)c(C)cc2C)n1C. The summed E-state index contributed by atoms with van der Waals surface area (Å²) in [5.74, 6) is 1.13. The molecule has 1 heterocycles. The molecule has 0 fully saturated rings. The summed E-state index contributed by atoms with van der Waals surface area (Å²) in [6.07, 6.45) is 2.94. The van der Waals surface area contributed by atoms with Gasteiger partial charge in [-0.1, -0.05) is 6.07 Å². The van der Waals surface area contributed by atoms with Gasteiger partial charge in [-0.3, -0.25) is 0 Å². The van der Waals surface area contributed by atoms with Crippen LogP contribution in [0, 0.1) is 20.8 Å². The maximum absolute atomic E-state index is 4.55. The number of likely N-dealkylation sites (N-methyl/N-ethyl adjacent to an activating group) is 1. The second-order valence-corrected chi connectivity index (χ2v) is 5.22. The number of rotatable bonds is 4. The number of aryl methyl sites for hydroxylation is 3. The maximum atomic E-state index is 4.55. The summed E-state index contributed by atoms with van der Waals surface area (Å²) < 4.78 is 2.20. The van der Waals surface area contributed by atoms with Crippen molar-refractivity contribution in [2.75, 3.05) is 13.6 Å². The first-order chi connectivity index (χ1) is 9.04. The normalized spacial score (nSPS) is 11.0. The molecule has 0 bridgehead atoms. The molecule has 2 rings (SSSR count). The summed E-state index contributed by atoms with van der Waals surface area (Å²) in [5, 5.41) is 3.17. The maximum Gasteiger partial charge on any atom is 0.110 e. The van der Waals surface area contributed by atoms with Gasteiger partial charge in [0.05, 0.1) is 11.9 Å². The van der Waals surface area contributed by atoms with Gasteiger partial charge in [0.2, 0.25) is 0 Å². The molecule has 0 aliphatic rings. The fourth-order valence-electron chi connectivity index (χ4n) is 2.40. The fraction of sp³-hybridized carbons (Fsp3) is 0.438. The molecular formula is C16H23N3. The summed E-state index contributed by atoms with van der Waals surface area (Å²) in [7, 11) is 4.07. The third-order valence-corrected chi connectivity index (χ3v) is 3.80. The minimum absolute atomic E-state index is 0.955. The summed E-state index contributed by atoms with van der Waals surface area (Å²) in [4.78, 5) is 4.55. The minimum Gasteiger partial charge on any atom is -0.331 e. The third-order valence-electron chi connectivity index (χ3n) is 3.80. The van der Waals surface area contributed by atoms with Crippen LogP contribution in [0.4, 0.5) is 0 Å². The van der Waals surface area contributed by atoms with Crippen molar-refractivity contribution in [3.05, 3.63) is 40.8 Å². The Bertz CT molecular complexity index is 582. The van der Waals surface area contributed by atoms with Crippen LogP contribution in [-0.4, -0.2) is 23.1 Å². The van der Waals surface area contributed by atoms with Crippen LogP contribution in [0.15, 0.2) is 18.3 Å². The zero-order valence-electron chi connectivity index (χ0n) is 12.5. The highest BCUT2D eigenvalue weighted by Crippen LogP contribution is 2.26. The molecule has 2 aromatic rings. The highest BCUT2D eigenvalue weighted by Gasteiger charge is 2.11. The molecule has 1 aromatic carbocycles. The van der Waals surface area contributed by atoms with Gasteiger partial charge in [-0.25, -0.2) is 4.98 Å². The van der Waals surface area contributed by atoms with Gasteiger partial charge >= 0.3 is 0 Å². The van der Waals surface area contributed by atoms with E-state index in [1.54, 1.807) is 0 Å². The molecule has 0 radical (unpaired) electrons. The van der Waals surface area contributed by atoms with Gasteiger partial charge in [-0.05, 0) is 50.6 Å². The predicted molar refractivity (Wildman–Crippen MR) is 80.5 cm³/mol. The van der Waals surface area contributed by atoms with Crippen LogP contribution in [0.1, 0.15) is 22.5 Å². The van der Waals surface area contributed by atoms with Gasteiger partial charge in [-0.2, -0.15) is 0 Å². The summed E-state index contributed by atoms with van der Waals surface area (Å²) in [6.45, 7) is 7.45. The molecule has 0 spiro atoms. The predicted octanol–water partition coefficient (Wildman–Crippen LogP) is 2.77. The van der Waals surface area contributed by atoms with Gasteiger partial charge in [0.1, 0.15) is 5.82 Å². The molecule has 0 unspecified atom stereocenters. The van der Waals surface area contributed by atoms with E-state index >= 15 is 0 Å². The molecule has 0 atom stereocenters. The van der Waals surface area contributed by atoms with Crippen LogP contribution in [0.25, 0.3) is 11.3 Å². The molecule has 3 nitrogen and oxygen atoms in total. The molecule has 102 valence electrons. The van der Waals surface area contributed by atoms with Crippen molar-refractivity contribution >= 4 is 0 Å². The largest absolute Gasteiger partial charge is 0.331 e. The van der Waals surface area contributed by atoms with Gasteiger partial charge in [0.15, 0.2) is 0 Å². The van der Waals surface area contributed by atoms with Gasteiger partial charge in [0, 0.05) is 25.6 Å². The van der Waals surface area contributed by atoms with Gasteiger partial charge < -0.3 is 9.88 Å². The van der Waals surface area contributed by atoms with Crippen LogP contribution in [0.2, 0.25) is 0 Å². The lowest BCUT2D eigenvalue weighted by Crippen LogP contribution is -2.13. The minimum atomic E-state index is 0.955. The first kappa shape index (κ1) is 13.8. The van der Waals surface area contributed by atoms with E-state index in [2.05, 4.69) is 54.8 Å². The Labute approximate surface area is 115 Å². The van der Waals surface area contributed by atoms with Crippen molar-refractivity contribution in [3.8, 4) is 11.3 Å². The van der Waals surface area contributed by atoms with Crippen LogP contribution in [-0.2, 0) is 13.5 Å². The van der Waals surface area contributed by atoms with Crippen LogP contribution < -0.4 is 5.32 Å². The number of benzene rings is 1. The van der Waals surface area contributed by atoms with E-state index in [0.717, 1.165) is 18.8 Å². The summed E-state index contributed by atoms with van der Waals surface area (Å²) in [5.41, 5.74) is 6.48. The van der Waals surface area contributed by atoms with Crippen molar-refractivity contribution in [2.24, 2.45) is 7.05 Å². The van der Waals surface area contributed by atoms with E-state index < -0.39 is 0 Å². The topological polar surface area (TPSA) is 29.9 Å². The molecule has 0 aliphatic heterocycles. The Balaban J connectivity index is 2.42. The van der Waals surface area contributed by atoms with Crippen molar-refractivity contribution in [2.45, 2.75) is 27.2 Å². The molecule has 1 aromatic heterocycles. The molecule has 1 N–H and O–H groups in total. The Morgan fingerprint density at radius 2 is 1.79 bits per heavy atom. The van der Waals surface area contributed by atoms with Crippen LogP contribution >= 0.6 is 0 Å². The second kappa shape index (κ2) is 5.57. The van der Waals surface area contributed by atoms with E-state index in [9.17, 15) is 0 Å². The Morgan fingerprint density at radius 3 is 2.47 bits per heavy atom. The van der Waals surface area contributed by atoms with Crippen molar-refractivity contribution in [1.29, 1.82) is 0 Å². The number of nitrogens with zero attached hydrogens (tertiary/aromatic N) is 2. The number of hydrogen-bond donors (Lipinski definition) is 1. The number of hydrogen-bond acceptors (Lipinski definition) is 2. The van der Waals surface area contributed by atoms with Crippen LogP contribution in [0.5, 0.6) is 0 Å². The lowest BCUT2D eigenvalue weighted by atomic mass is 9.99. The van der Waals surface area contributed by atoms with E-state index in [1.165, 1.54) is 27.9 Å². The second-order valence-electron chi connectivity index (χ2n) is 5.22. The van der Waals surface area contributed by atoms with E-state index in [-0.39, 0.29) is 0 Å². The average Bonchev–Trinajstić information content (AvgIpc) is 2.73. The number of nitrogens with one attached hydrogen (secondary N) is 1. The zero-order chi connectivity index (χ0) is 14.0. The zero-order valence-corrected chi connectivity index (χ0v) is 12.5.